The molecule has 1 N–H and O–H groups in total. The third-order valence-corrected chi connectivity index (χ3v) is 3.44. The first-order valence-electron chi connectivity index (χ1n) is 6.41. The maximum Gasteiger partial charge on any atom is 0.213 e. The molecule has 0 bridgehead atoms. The Morgan fingerprint density at radius 2 is 1.86 bits per heavy atom. The molecule has 2 heterocycles. The summed E-state index contributed by atoms with van der Waals surface area (Å²) >= 11 is 0. The van der Waals surface area contributed by atoms with Gasteiger partial charge in [-0.1, -0.05) is 6.07 Å². The number of hydrogen-bond donors (Lipinski definition) is 1. The van der Waals surface area contributed by atoms with E-state index >= 15 is 0 Å². The molecule has 0 aliphatic rings. The molecule has 0 unspecified atom stereocenters. The van der Waals surface area contributed by atoms with Crippen molar-refractivity contribution in [2.24, 2.45) is 0 Å². The van der Waals surface area contributed by atoms with Crippen molar-refractivity contribution in [1.29, 1.82) is 0 Å². The molecule has 2 aromatic carbocycles. The molecule has 0 radical (unpaired) electrons. The van der Waals surface area contributed by atoms with Crippen molar-refractivity contribution in [3.8, 4) is 5.95 Å². The minimum Gasteiger partial charge on any atom is -0.323 e. The zero-order chi connectivity index (χ0) is 14.6. The fourth-order valence-corrected chi connectivity index (χ4v) is 2.39. The van der Waals surface area contributed by atoms with E-state index in [1.807, 2.05) is 25.1 Å². The van der Waals surface area contributed by atoms with Gasteiger partial charge in [-0.15, -0.1) is 0 Å². The fourth-order valence-electron chi connectivity index (χ4n) is 2.39. The molecule has 6 heteroatoms. The molecule has 4 nitrogen and oxygen atoms in total. The number of benzene rings is 2. The van der Waals surface area contributed by atoms with Crippen molar-refractivity contribution in [1.82, 2.24) is 19.5 Å². The molecule has 4 aromatic rings. The summed E-state index contributed by atoms with van der Waals surface area (Å²) in [4.78, 5) is 11.6. The van der Waals surface area contributed by atoms with Crippen LogP contribution in [0.1, 0.15) is 5.56 Å². The summed E-state index contributed by atoms with van der Waals surface area (Å²) in [6.45, 7) is 1.99. The maximum absolute atomic E-state index is 13.3. The van der Waals surface area contributed by atoms with E-state index in [1.165, 1.54) is 0 Å². The van der Waals surface area contributed by atoms with E-state index in [9.17, 15) is 8.78 Å². The molecule has 0 fully saturated rings. The van der Waals surface area contributed by atoms with Gasteiger partial charge in [-0.3, -0.25) is 4.57 Å². The van der Waals surface area contributed by atoms with Crippen LogP contribution in [0.3, 0.4) is 0 Å². The van der Waals surface area contributed by atoms with Crippen molar-refractivity contribution in [2.45, 2.75) is 6.92 Å². The molecule has 0 aliphatic heterocycles. The van der Waals surface area contributed by atoms with Crippen molar-refractivity contribution >= 4 is 22.1 Å². The third kappa shape index (κ3) is 1.79. The first-order chi connectivity index (χ1) is 10.1. The van der Waals surface area contributed by atoms with E-state index in [0.29, 0.717) is 17.0 Å². The van der Waals surface area contributed by atoms with Gasteiger partial charge in [0.15, 0.2) is 11.6 Å². The smallest absolute Gasteiger partial charge is 0.213 e. The zero-order valence-corrected chi connectivity index (χ0v) is 11.1. The van der Waals surface area contributed by atoms with Crippen LogP contribution in [0, 0.1) is 18.6 Å². The molecule has 2 aromatic heterocycles. The number of aromatic nitrogens is 4. The lowest BCUT2D eigenvalue weighted by Crippen LogP contribution is -1.94. The molecule has 21 heavy (non-hydrogen) atoms. The van der Waals surface area contributed by atoms with E-state index in [2.05, 4.69) is 15.0 Å². The molecule has 0 saturated carbocycles. The van der Waals surface area contributed by atoms with Gasteiger partial charge in [0, 0.05) is 12.1 Å². The van der Waals surface area contributed by atoms with Crippen LogP contribution in [0.2, 0.25) is 0 Å². The Hall–Kier alpha value is -2.76. The number of hydrogen-bond acceptors (Lipinski definition) is 2. The van der Waals surface area contributed by atoms with Crippen LogP contribution in [-0.4, -0.2) is 19.5 Å². The minimum atomic E-state index is -0.910. The minimum absolute atomic E-state index is 0.374. The Morgan fingerprint density at radius 1 is 1.05 bits per heavy atom. The fraction of sp³-hybridized carbons (Fsp3) is 0.0667. The van der Waals surface area contributed by atoms with Gasteiger partial charge in [-0.25, -0.2) is 18.7 Å². The molecule has 0 amide bonds. The monoisotopic (exact) mass is 284 g/mol. The van der Waals surface area contributed by atoms with Gasteiger partial charge in [-0.05, 0) is 24.6 Å². The summed E-state index contributed by atoms with van der Waals surface area (Å²) in [6.07, 6.45) is 1.63. The van der Waals surface area contributed by atoms with E-state index in [4.69, 9.17) is 0 Å². The molecule has 4 rings (SSSR count). The SMILES string of the molecule is Cc1ccc2ncn(-c3nc4cc(F)c(F)cc4[nH]3)c2c1. The number of rotatable bonds is 1. The Kier molecular flexibility index (Phi) is 2.35. The number of fused-ring (bicyclic) bond motifs is 2. The van der Waals surface area contributed by atoms with Crippen LogP contribution in [0.15, 0.2) is 36.7 Å². The Labute approximate surface area is 118 Å². The number of halogens is 2. The number of imidazole rings is 2. The van der Waals surface area contributed by atoms with Crippen LogP contribution in [0.4, 0.5) is 8.78 Å². The van der Waals surface area contributed by atoms with Crippen LogP contribution < -0.4 is 0 Å². The second-order valence-corrected chi connectivity index (χ2v) is 4.95. The molecule has 0 spiro atoms. The van der Waals surface area contributed by atoms with Crippen molar-refractivity contribution in [3.05, 3.63) is 53.9 Å². The summed E-state index contributed by atoms with van der Waals surface area (Å²) in [5, 5.41) is 0. The Balaban J connectivity index is 1.97. The molecule has 0 saturated heterocycles. The zero-order valence-electron chi connectivity index (χ0n) is 11.1. The van der Waals surface area contributed by atoms with Crippen molar-refractivity contribution < 1.29 is 8.78 Å². The molecular formula is C15H10F2N4. The summed E-state index contributed by atoms with van der Waals surface area (Å²) < 4.78 is 28.3. The van der Waals surface area contributed by atoms with Gasteiger partial charge in [-0.2, -0.15) is 0 Å². The summed E-state index contributed by atoms with van der Waals surface area (Å²) in [5.74, 6) is -1.33. The predicted octanol–water partition coefficient (Wildman–Crippen LogP) is 3.49. The van der Waals surface area contributed by atoms with Crippen molar-refractivity contribution in [3.63, 3.8) is 0 Å². The molecule has 0 atom stereocenters. The van der Waals surface area contributed by atoms with Gasteiger partial charge in [0.05, 0.1) is 22.1 Å². The standard InChI is InChI=1S/C15H10F2N4/c1-8-2-3-11-14(4-8)21(7-18-11)15-19-12-5-9(16)10(17)6-13(12)20-15/h2-7H,1H3,(H,19,20). The topological polar surface area (TPSA) is 46.5 Å². The van der Waals surface area contributed by atoms with Crippen LogP contribution in [0.25, 0.3) is 28.0 Å². The molecule has 0 aliphatic carbocycles. The first-order valence-corrected chi connectivity index (χ1v) is 6.41. The summed E-state index contributed by atoms with van der Waals surface area (Å²) in [5.41, 5.74) is 3.63. The van der Waals surface area contributed by atoms with Gasteiger partial charge in [0.2, 0.25) is 5.95 Å². The number of nitrogens with one attached hydrogen (secondary N) is 1. The van der Waals surface area contributed by atoms with E-state index in [1.54, 1.807) is 10.9 Å². The lowest BCUT2D eigenvalue weighted by Gasteiger charge is -1.99. The van der Waals surface area contributed by atoms with E-state index in [0.717, 1.165) is 28.7 Å². The lowest BCUT2D eigenvalue weighted by molar-refractivity contribution is 0.510. The van der Waals surface area contributed by atoms with Crippen molar-refractivity contribution in [2.75, 3.05) is 0 Å². The average Bonchev–Trinajstić information content (AvgIpc) is 3.02. The quantitative estimate of drug-likeness (QED) is 0.581. The lowest BCUT2D eigenvalue weighted by atomic mass is 10.2. The highest BCUT2D eigenvalue weighted by Gasteiger charge is 2.12. The third-order valence-electron chi connectivity index (χ3n) is 3.44. The second-order valence-electron chi connectivity index (χ2n) is 4.95. The number of H-pyrrole nitrogens is 1. The van der Waals surface area contributed by atoms with E-state index < -0.39 is 11.6 Å². The van der Waals surface area contributed by atoms with E-state index in [-0.39, 0.29) is 0 Å². The first kappa shape index (κ1) is 12.0. The normalized spacial score (nSPS) is 11.6. The van der Waals surface area contributed by atoms with Crippen LogP contribution in [0.5, 0.6) is 0 Å². The molecular weight excluding hydrogens is 274 g/mol. The number of aromatic amines is 1. The van der Waals surface area contributed by atoms with Gasteiger partial charge < -0.3 is 4.98 Å². The number of aryl methyl sites for hydroxylation is 1. The average molecular weight is 284 g/mol. The maximum atomic E-state index is 13.3. The Bertz CT molecular complexity index is 945. The van der Waals surface area contributed by atoms with Gasteiger partial charge in [0.1, 0.15) is 6.33 Å². The van der Waals surface area contributed by atoms with Gasteiger partial charge >= 0.3 is 0 Å². The highest BCUT2D eigenvalue weighted by atomic mass is 19.2. The summed E-state index contributed by atoms with van der Waals surface area (Å²) in [7, 11) is 0. The molecule has 104 valence electrons. The highest BCUT2D eigenvalue weighted by molar-refractivity contribution is 5.80. The highest BCUT2D eigenvalue weighted by Crippen LogP contribution is 2.21. The summed E-state index contributed by atoms with van der Waals surface area (Å²) in [6, 6.07) is 8.06. The number of nitrogens with zero attached hydrogens (tertiary/aromatic N) is 3. The predicted molar refractivity (Wildman–Crippen MR) is 75.4 cm³/mol. The van der Waals surface area contributed by atoms with Crippen LogP contribution >= 0.6 is 0 Å². The van der Waals surface area contributed by atoms with Crippen LogP contribution in [-0.2, 0) is 0 Å². The Morgan fingerprint density at radius 3 is 2.71 bits per heavy atom. The second kappa shape index (κ2) is 4.12. The van der Waals surface area contributed by atoms with Gasteiger partial charge in [0.25, 0.3) is 0 Å². The largest absolute Gasteiger partial charge is 0.323 e.